The number of aryl methyl sites for hydroxylation is 1. The standard InChI is InChI=1S/C23H29NO4S/c1-23(2,3)18-7-10-20(11-8-18)29(26,27)15-5-4-14-28-19-9-12-21-17(16-19)6-13-22(25)24-21/h7-12,16H,4-6,13-15H2,1-3H3,(H,24,25). The lowest BCUT2D eigenvalue weighted by atomic mass is 9.87. The zero-order chi connectivity index (χ0) is 21.1. The smallest absolute Gasteiger partial charge is 0.224 e. The lowest BCUT2D eigenvalue weighted by Gasteiger charge is -2.19. The van der Waals surface area contributed by atoms with Gasteiger partial charge in [-0.05, 0) is 66.1 Å². The van der Waals surface area contributed by atoms with Gasteiger partial charge in [0.15, 0.2) is 9.84 Å². The molecule has 1 N–H and O–H groups in total. The highest BCUT2D eigenvalue weighted by atomic mass is 32.2. The van der Waals surface area contributed by atoms with Crippen molar-refractivity contribution in [2.24, 2.45) is 0 Å². The van der Waals surface area contributed by atoms with Gasteiger partial charge < -0.3 is 10.1 Å². The van der Waals surface area contributed by atoms with Crippen LogP contribution in [0, 0.1) is 0 Å². The van der Waals surface area contributed by atoms with Crippen LogP contribution in [-0.2, 0) is 26.5 Å². The van der Waals surface area contributed by atoms with Gasteiger partial charge in [0.05, 0.1) is 17.3 Å². The van der Waals surface area contributed by atoms with E-state index in [2.05, 4.69) is 26.1 Å². The summed E-state index contributed by atoms with van der Waals surface area (Å²) in [6.07, 6.45) is 2.41. The minimum atomic E-state index is -3.28. The molecule has 1 heterocycles. The first kappa shape index (κ1) is 21.4. The number of carbonyl (C=O) groups excluding carboxylic acids is 1. The number of rotatable bonds is 7. The molecule has 0 aliphatic carbocycles. The molecule has 156 valence electrons. The van der Waals surface area contributed by atoms with E-state index < -0.39 is 9.84 Å². The molecule has 0 saturated heterocycles. The van der Waals surface area contributed by atoms with E-state index >= 15 is 0 Å². The van der Waals surface area contributed by atoms with E-state index in [0.717, 1.165) is 22.6 Å². The number of fused-ring (bicyclic) bond motifs is 1. The number of ether oxygens (including phenoxy) is 1. The number of carbonyl (C=O) groups is 1. The summed E-state index contributed by atoms with van der Waals surface area (Å²) in [4.78, 5) is 11.8. The molecule has 0 atom stereocenters. The zero-order valence-corrected chi connectivity index (χ0v) is 18.1. The molecule has 1 amide bonds. The fourth-order valence-corrected chi connectivity index (χ4v) is 4.68. The maximum absolute atomic E-state index is 12.5. The van der Waals surface area contributed by atoms with Crippen LogP contribution in [0.15, 0.2) is 47.4 Å². The second-order valence-corrected chi connectivity index (χ2v) is 10.6. The number of hydrogen-bond donors (Lipinski definition) is 1. The van der Waals surface area contributed by atoms with Crippen LogP contribution in [-0.4, -0.2) is 26.7 Å². The molecule has 5 nitrogen and oxygen atoms in total. The summed E-state index contributed by atoms with van der Waals surface area (Å²) in [5.74, 6) is 0.905. The molecule has 0 radical (unpaired) electrons. The van der Waals surface area contributed by atoms with Gasteiger partial charge >= 0.3 is 0 Å². The lowest BCUT2D eigenvalue weighted by Crippen LogP contribution is -2.18. The Labute approximate surface area is 173 Å². The van der Waals surface area contributed by atoms with Crippen LogP contribution in [0.5, 0.6) is 5.75 Å². The third-order valence-electron chi connectivity index (χ3n) is 5.13. The van der Waals surface area contributed by atoms with Crippen LogP contribution in [0.25, 0.3) is 0 Å². The second kappa shape index (κ2) is 8.57. The minimum absolute atomic E-state index is 0.00189. The lowest BCUT2D eigenvalue weighted by molar-refractivity contribution is -0.116. The predicted octanol–water partition coefficient (Wildman–Crippen LogP) is 4.50. The van der Waals surface area contributed by atoms with E-state index in [0.29, 0.717) is 37.2 Å². The van der Waals surface area contributed by atoms with Crippen molar-refractivity contribution in [3.8, 4) is 5.75 Å². The number of unbranched alkanes of at least 4 members (excludes halogenated alkanes) is 1. The van der Waals surface area contributed by atoms with Gasteiger partial charge in [-0.15, -0.1) is 0 Å². The molecule has 1 aliphatic heterocycles. The van der Waals surface area contributed by atoms with E-state index in [1.807, 2.05) is 30.3 Å². The van der Waals surface area contributed by atoms with Gasteiger partial charge in [-0.2, -0.15) is 0 Å². The average molecular weight is 416 g/mol. The number of nitrogens with one attached hydrogen (secondary N) is 1. The first-order valence-electron chi connectivity index (χ1n) is 10.0. The molecule has 6 heteroatoms. The fourth-order valence-electron chi connectivity index (χ4n) is 3.31. The molecule has 0 aromatic heterocycles. The predicted molar refractivity (Wildman–Crippen MR) is 115 cm³/mol. The summed E-state index contributed by atoms with van der Waals surface area (Å²) < 4.78 is 30.8. The SMILES string of the molecule is CC(C)(C)c1ccc(S(=O)(=O)CCCCOc2ccc3c(c2)CCC(=O)N3)cc1. The van der Waals surface area contributed by atoms with Crippen molar-refractivity contribution in [1.29, 1.82) is 0 Å². The van der Waals surface area contributed by atoms with Gasteiger partial charge in [0.25, 0.3) is 0 Å². The third-order valence-corrected chi connectivity index (χ3v) is 6.94. The summed E-state index contributed by atoms with van der Waals surface area (Å²) >= 11 is 0. The molecule has 1 aliphatic rings. The van der Waals surface area contributed by atoms with E-state index in [9.17, 15) is 13.2 Å². The van der Waals surface area contributed by atoms with Gasteiger partial charge in [0.2, 0.25) is 5.91 Å². The van der Waals surface area contributed by atoms with Crippen molar-refractivity contribution in [2.75, 3.05) is 17.7 Å². The summed E-state index contributed by atoms with van der Waals surface area (Å²) in [5, 5.41) is 2.85. The Morgan fingerprint density at radius 1 is 1.00 bits per heavy atom. The molecule has 3 rings (SSSR count). The molecular formula is C23H29NO4S. The largest absolute Gasteiger partial charge is 0.494 e. The normalized spacial score (nSPS) is 14.2. The first-order chi connectivity index (χ1) is 13.6. The summed E-state index contributed by atoms with van der Waals surface area (Å²) in [7, 11) is -3.28. The van der Waals surface area contributed by atoms with Crippen molar-refractivity contribution >= 4 is 21.4 Å². The third kappa shape index (κ3) is 5.60. The Bertz CT molecular complexity index is 973. The van der Waals surface area contributed by atoms with Crippen molar-refractivity contribution in [2.45, 2.75) is 56.8 Å². The number of anilines is 1. The highest BCUT2D eigenvalue weighted by Crippen LogP contribution is 2.27. The Morgan fingerprint density at radius 2 is 1.72 bits per heavy atom. The van der Waals surface area contributed by atoms with Crippen molar-refractivity contribution < 1.29 is 17.9 Å². The topological polar surface area (TPSA) is 72.5 Å². The molecule has 0 saturated carbocycles. The summed E-state index contributed by atoms with van der Waals surface area (Å²) in [6, 6.07) is 12.8. The van der Waals surface area contributed by atoms with Gasteiger partial charge in [0.1, 0.15) is 5.75 Å². The van der Waals surface area contributed by atoms with Crippen LogP contribution in [0.4, 0.5) is 5.69 Å². The first-order valence-corrected chi connectivity index (χ1v) is 11.7. The molecule has 29 heavy (non-hydrogen) atoms. The minimum Gasteiger partial charge on any atom is -0.494 e. The molecule has 0 fully saturated rings. The molecule has 0 unspecified atom stereocenters. The Kier molecular flexibility index (Phi) is 6.32. The van der Waals surface area contributed by atoms with Crippen molar-refractivity contribution in [3.05, 3.63) is 53.6 Å². The molecular weight excluding hydrogens is 386 g/mol. The average Bonchev–Trinajstić information content (AvgIpc) is 2.67. The number of sulfone groups is 1. The fraction of sp³-hybridized carbons (Fsp3) is 0.435. The number of benzene rings is 2. The Morgan fingerprint density at radius 3 is 2.41 bits per heavy atom. The molecule has 0 spiro atoms. The molecule has 2 aromatic rings. The second-order valence-electron chi connectivity index (χ2n) is 8.52. The van der Waals surface area contributed by atoms with Crippen molar-refractivity contribution in [3.63, 3.8) is 0 Å². The monoisotopic (exact) mass is 415 g/mol. The summed E-state index contributed by atoms with van der Waals surface area (Å²) in [6.45, 7) is 6.78. The van der Waals surface area contributed by atoms with Gasteiger partial charge in [-0.3, -0.25) is 4.79 Å². The van der Waals surface area contributed by atoms with Gasteiger partial charge in [-0.1, -0.05) is 32.9 Å². The molecule has 0 bridgehead atoms. The molecule has 2 aromatic carbocycles. The summed E-state index contributed by atoms with van der Waals surface area (Å²) in [5.41, 5.74) is 3.04. The number of amides is 1. The maximum atomic E-state index is 12.5. The maximum Gasteiger partial charge on any atom is 0.224 e. The van der Waals surface area contributed by atoms with Gasteiger partial charge in [0, 0.05) is 12.1 Å². The number of hydrogen-bond acceptors (Lipinski definition) is 4. The van der Waals surface area contributed by atoms with E-state index in [1.54, 1.807) is 12.1 Å². The quantitative estimate of drug-likeness (QED) is 0.676. The van der Waals surface area contributed by atoms with Crippen LogP contribution in [0.3, 0.4) is 0 Å². The van der Waals surface area contributed by atoms with E-state index in [1.165, 1.54) is 0 Å². The van der Waals surface area contributed by atoms with Gasteiger partial charge in [-0.25, -0.2) is 8.42 Å². The Balaban J connectivity index is 1.47. The van der Waals surface area contributed by atoms with E-state index in [4.69, 9.17) is 4.74 Å². The van der Waals surface area contributed by atoms with Crippen LogP contribution < -0.4 is 10.1 Å². The zero-order valence-electron chi connectivity index (χ0n) is 17.3. The Hall–Kier alpha value is -2.34. The van der Waals surface area contributed by atoms with Crippen LogP contribution in [0.1, 0.15) is 51.2 Å². The highest BCUT2D eigenvalue weighted by Gasteiger charge is 2.18. The van der Waals surface area contributed by atoms with E-state index in [-0.39, 0.29) is 17.1 Å². The van der Waals surface area contributed by atoms with Crippen LogP contribution >= 0.6 is 0 Å². The highest BCUT2D eigenvalue weighted by molar-refractivity contribution is 7.91. The van der Waals surface area contributed by atoms with Crippen LogP contribution in [0.2, 0.25) is 0 Å². The van der Waals surface area contributed by atoms with Crippen molar-refractivity contribution in [1.82, 2.24) is 0 Å².